The van der Waals surface area contributed by atoms with Crippen LogP contribution in [0.25, 0.3) is 0 Å². The molecule has 0 spiro atoms. The Balaban J connectivity index is 2.14. The van der Waals surface area contributed by atoms with Gasteiger partial charge in [0.15, 0.2) is 9.84 Å². The van der Waals surface area contributed by atoms with Gasteiger partial charge in [0, 0.05) is 4.88 Å². The van der Waals surface area contributed by atoms with Crippen LogP contribution >= 0.6 is 11.3 Å². The summed E-state index contributed by atoms with van der Waals surface area (Å²) in [6.45, 7) is 6.05. The number of hydrogen-bond acceptors (Lipinski definition) is 4. The fourth-order valence-corrected chi connectivity index (χ4v) is 4.44. The predicted octanol–water partition coefficient (Wildman–Crippen LogP) is 3.43. The highest BCUT2D eigenvalue weighted by atomic mass is 32.2. The van der Waals surface area contributed by atoms with E-state index in [0.717, 1.165) is 4.88 Å². The van der Waals surface area contributed by atoms with E-state index in [0.29, 0.717) is 0 Å². The van der Waals surface area contributed by atoms with Crippen LogP contribution in [0.4, 0.5) is 0 Å². The number of carbonyl (C=O) groups excluding carboxylic acids is 1. The number of hydrogen-bond donors (Lipinski definition) is 1. The molecule has 1 unspecified atom stereocenters. The first-order valence-corrected chi connectivity index (χ1v) is 9.84. The van der Waals surface area contributed by atoms with Crippen molar-refractivity contribution >= 4 is 27.1 Å². The molecule has 0 bridgehead atoms. The maximum atomic E-state index is 12.3. The Labute approximate surface area is 141 Å². The van der Waals surface area contributed by atoms with E-state index in [2.05, 4.69) is 5.32 Å². The molecule has 2 aromatic rings. The van der Waals surface area contributed by atoms with Crippen LogP contribution in [0.2, 0.25) is 0 Å². The molecule has 1 atom stereocenters. The largest absolute Gasteiger partial charge is 0.347 e. The molecule has 0 saturated heterocycles. The molecule has 4 nitrogen and oxygen atoms in total. The first-order valence-electron chi connectivity index (χ1n) is 7.31. The van der Waals surface area contributed by atoms with Crippen molar-refractivity contribution in [3.8, 4) is 0 Å². The second kappa shape index (κ2) is 6.84. The zero-order valence-corrected chi connectivity index (χ0v) is 15.1. The molecule has 2 rings (SSSR count). The summed E-state index contributed by atoms with van der Waals surface area (Å²) in [6, 6.07) is 11.7. The third kappa shape index (κ3) is 4.65. The van der Waals surface area contributed by atoms with E-state index in [1.54, 1.807) is 29.5 Å². The molecule has 1 aromatic heterocycles. The van der Waals surface area contributed by atoms with Crippen molar-refractivity contribution in [1.29, 1.82) is 0 Å². The molecule has 1 heterocycles. The van der Waals surface area contributed by atoms with Gasteiger partial charge in [-0.15, -0.1) is 11.3 Å². The van der Waals surface area contributed by atoms with Crippen LogP contribution in [-0.2, 0) is 14.6 Å². The lowest BCUT2D eigenvalue weighted by molar-refractivity contribution is -0.120. The van der Waals surface area contributed by atoms with E-state index in [1.807, 2.05) is 38.3 Å². The number of nitrogens with one attached hydrogen (secondary N) is 1. The fourth-order valence-electron chi connectivity index (χ4n) is 2.26. The third-order valence-corrected chi connectivity index (χ3v) is 5.99. The van der Waals surface area contributed by atoms with Crippen LogP contribution in [0.1, 0.15) is 31.7 Å². The summed E-state index contributed by atoms with van der Waals surface area (Å²) in [4.78, 5) is 13.5. The van der Waals surface area contributed by atoms with Crippen molar-refractivity contribution in [2.45, 2.75) is 31.7 Å². The predicted molar refractivity (Wildman–Crippen MR) is 93.2 cm³/mol. The van der Waals surface area contributed by atoms with Crippen LogP contribution in [0.15, 0.2) is 52.7 Å². The molecule has 0 radical (unpaired) electrons. The van der Waals surface area contributed by atoms with Gasteiger partial charge >= 0.3 is 0 Å². The minimum absolute atomic E-state index is 0.165. The molecule has 0 fully saturated rings. The van der Waals surface area contributed by atoms with Crippen LogP contribution < -0.4 is 5.32 Å². The Hall–Kier alpha value is -1.66. The molecule has 0 aliphatic carbocycles. The summed E-state index contributed by atoms with van der Waals surface area (Å²) >= 11 is 1.55. The zero-order chi connectivity index (χ0) is 17.1. The second-order valence-electron chi connectivity index (χ2n) is 6.45. The molecule has 1 N–H and O–H groups in total. The van der Waals surface area contributed by atoms with Crippen LogP contribution in [-0.4, -0.2) is 20.1 Å². The summed E-state index contributed by atoms with van der Waals surface area (Å²) < 4.78 is 24.6. The maximum absolute atomic E-state index is 12.3. The molecule has 0 aliphatic heterocycles. The normalized spacial score (nSPS) is 13.5. The summed E-state index contributed by atoms with van der Waals surface area (Å²) in [7, 11) is -3.63. The third-order valence-electron chi connectivity index (χ3n) is 3.42. The monoisotopic (exact) mass is 351 g/mol. The number of thiophene rings is 1. The van der Waals surface area contributed by atoms with Gasteiger partial charge in [0.1, 0.15) is 5.75 Å². The van der Waals surface area contributed by atoms with Crippen molar-refractivity contribution in [3.05, 3.63) is 52.7 Å². The van der Waals surface area contributed by atoms with E-state index < -0.39 is 21.5 Å². The number of carbonyl (C=O) groups is 1. The zero-order valence-electron chi connectivity index (χ0n) is 13.4. The molecule has 6 heteroatoms. The molecule has 124 valence electrons. The van der Waals surface area contributed by atoms with Crippen molar-refractivity contribution in [2.24, 2.45) is 5.41 Å². The first kappa shape index (κ1) is 17.7. The van der Waals surface area contributed by atoms with Crippen molar-refractivity contribution < 1.29 is 13.2 Å². The Kier molecular flexibility index (Phi) is 5.26. The van der Waals surface area contributed by atoms with E-state index in [1.165, 1.54) is 12.1 Å². The minimum atomic E-state index is -3.63. The van der Waals surface area contributed by atoms with E-state index in [4.69, 9.17) is 0 Å². The van der Waals surface area contributed by atoms with E-state index >= 15 is 0 Å². The van der Waals surface area contributed by atoms with Gasteiger partial charge < -0.3 is 5.32 Å². The van der Waals surface area contributed by atoms with Gasteiger partial charge in [-0.25, -0.2) is 8.42 Å². The molecular weight excluding hydrogens is 330 g/mol. The number of benzene rings is 1. The summed E-state index contributed by atoms with van der Waals surface area (Å²) in [5, 5.41) is 4.82. The highest BCUT2D eigenvalue weighted by Gasteiger charge is 2.30. The Morgan fingerprint density at radius 3 is 2.30 bits per heavy atom. The van der Waals surface area contributed by atoms with Crippen LogP contribution in [0.5, 0.6) is 0 Å². The lowest BCUT2D eigenvalue weighted by Gasteiger charge is -2.30. The van der Waals surface area contributed by atoms with E-state index in [-0.39, 0.29) is 16.4 Å². The summed E-state index contributed by atoms with van der Waals surface area (Å²) in [5.41, 5.74) is -0.211. The molecule has 0 aliphatic rings. The average molecular weight is 351 g/mol. The number of sulfone groups is 1. The smallest absolute Gasteiger partial charge is 0.236 e. The average Bonchev–Trinajstić information content (AvgIpc) is 2.98. The maximum Gasteiger partial charge on any atom is 0.236 e. The van der Waals surface area contributed by atoms with Gasteiger partial charge in [0.2, 0.25) is 5.91 Å². The SMILES string of the molecule is CC(C)(C)C(NC(=O)CS(=O)(=O)c1ccccc1)c1cccs1. The molecule has 23 heavy (non-hydrogen) atoms. The Morgan fingerprint density at radius 2 is 1.78 bits per heavy atom. The summed E-state index contributed by atoms with van der Waals surface area (Å²) in [6.07, 6.45) is 0. The molecule has 0 saturated carbocycles. The molecular formula is C17H21NO3S2. The van der Waals surface area contributed by atoms with Crippen LogP contribution in [0.3, 0.4) is 0 Å². The highest BCUT2D eigenvalue weighted by Crippen LogP contribution is 2.35. The van der Waals surface area contributed by atoms with E-state index in [9.17, 15) is 13.2 Å². The van der Waals surface area contributed by atoms with Crippen molar-refractivity contribution in [2.75, 3.05) is 5.75 Å². The van der Waals surface area contributed by atoms with Gasteiger partial charge in [0.25, 0.3) is 0 Å². The number of rotatable bonds is 5. The van der Waals surface area contributed by atoms with Crippen molar-refractivity contribution in [3.63, 3.8) is 0 Å². The lowest BCUT2D eigenvalue weighted by Crippen LogP contribution is -2.39. The topological polar surface area (TPSA) is 63.2 Å². The fraction of sp³-hybridized carbons (Fsp3) is 0.353. The molecule has 1 amide bonds. The summed E-state index contributed by atoms with van der Waals surface area (Å²) in [5.74, 6) is -1.03. The van der Waals surface area contributed by atoms with Gasteiger partial charge in [-0.05, 0) is 29.0 Å². The standard InChI is InChI=1S/C17H21NO3S2/c1-17(2,3)16(14-10-7-11-22-14)18-15(19)12-23(20,21)13-8-5-4-6-9-13/h4-11,16H,12H2,1-3H3,(H,18,19). The van der Waals surface area contributed by atoms with Gasteiger partial charge in [-0.2, -0.15) is 0 Å². The first-order chi connectivity index (χ1) is 10.7. The van der Waals surface area contributed by atoms with Gasteiger partial charge in [-0.1, -0.05) is 45.0 Å². The van der Waals surface area contributed by atoms with Gasteiger partial charge in [0.05, 0.1) is 10.9 Å². The second-order valence-corrected chi connectivity index (χ2v) is 9.42. The number of amides is 1. The minimum Gasteiger partial charge on any atom is -0.347 e. The van der Waals surface area contributed by atoms with Crippen molar-refractivity contribution in [1.82, 2.24) is 5.32 Å². The Morgan fingerprint density at radius 1 is 1.13 bits per heavy atom. The highest BCUT2D eigenvalue weighted by molar-refractivity contribution is 7.92. The van der Waals surface area contributed by atoms with Crippen LogP contribution in [0, 0.1) is 5.41 Å². The quantitative estimate of drug-likeness (QED) is 0.898. The lowest BCUT2D eigenvalue weighted by atomic mass is 9.86. The molecule has 1 aromatic carbocycles. The van der Waals surface area contributed by atoms with Gasteiger partial charge in [-0.3, -0.25) is 4.79 Å². The Bertz CT molecular complexity index is 745.